The average molecular weight is 458 g/mol. The highest BCUT2D eigenvalue weighted by Gasteiger charge is 2.35. The number of hydrogen-bond acceptors (Lipinski definition) is 4. The van der Waals surface area contributed by atoms with E-state index in [0.29, 0.717) is 32.9 Å². The van der Waals surface area contributed by atoms with Crippen molar-refractivity contribution in [2.45, 2.75) is 13.5 Å². The Bertz CT molecular complexity index is 1190. The van der Waals surface area contributed by atoms with E-state index in [1.807, 2.05) is 43.3 Å². The van der Waals surface area contributed by atoms with Gasteiger partial charge in [-0.05, 0) is 59.3 Å². The molecule has 0 spiro atoms. The standard InChI is InChI=1S/C23H17Cl2NO3S/c1-2-29-20-10-8-14-5-3-4-6-17(14)18(20)12-21-22(27)26(23(28)30-21)13-15-7-9-16(24)11-19(15)25/h3-12H,2,13H2,1H3/b21-12+. The third kappa shape index (κ3) is 4.06. The molecule has 3 aromatic rings. The predicted molar refractivity (Wildman–Crippen MR) is 123 cm³/mol. The van der Waals surface area contributed by atoms with Crippen LogP contribution in [0, 0.1) is 0 Å². The molecule has 0 N–H and O–H groups in total. The zero-order valence-corrected chi connectivity index (χ0v) is 18.4. The number of fused-ring (bicyclic) bond motifs is 1. The van der Waals surface area contributed by atoms with Crippen molar-refractivity contribution in [1.82, 2.24) is 4.90 Å². The lowest BCUT2D eigenvalue weighted by molar-refractivity contribution is -0.123. The molecule has 3 aromatic carbocycles. The number of benzene rings is 3. The maximum atomic E-state index is 13.0. The Hall–Kier alpha value is -2.47. The molecule has 1 aliphatic heterocycles. The molecule has 0 bridgehead atoms. The Morgan fingerprint density at radius 1 is 1.07 bits per heavy atom. The summed E-state index contributed by atoms with van der Waals surface area (Å²) in [6.45, 7) is 2.49. The first-order chi connectivity index (χ1) is 14.5. The zero-order chi connectivity index (χ0) is 21.3. The maximum Gasteiger partial charge on any atom is 0.293 e. The number of halogens is 2. The molecule has 152 valence electrons. The summed E-state index contributed by atoms with van der Waals surface area (Å²) in [5, 5.41) is 2.56. The summed E-state index contributed by atoms with van der Waals surface area (Å²) in [4.78, 5) is 27.1. The van der Waals surface area contributed by atoms with Crippen LogP contribution in [0.25, 0.3) is 16.8 Å². The molecule has 0 saturated carbocycles. The minimum absolute atomic E-state index is 0.0892. The van der Waals surface area contributed by atoms with Crippen molar-refractivity contribution >= 4 is 63.0 Å². The van der Waals surface area contributed by atoms with Crippen LogP contribution in [-0.4, -0.2) is 22.7 Å². The van der Waals surface area contributed by atoms with Crippen molar-refractivity contribution in [3.05, 3.63) is 80.7 Å². The van der Waals surface area contributed by atoms with Crippen molar-refractivity contribution in [2.24, 2.45) is 0 Å². The molecular weight excluding hydrogens is 441 g/mol. The number of nitrogens with zero attached hydrogens (tertiary/aromatic N) is 1. The summed E-state index contributed by atoms with van der Waals surface area (Å²) in [6.07, 6.45) is 1.74. The molecule has 7 heteroatoms. The fourth-order valence-electron chi connectivity index (χ4n) is 3.29. The van der Waals surface area contributed by atoms with E-state index in [1.54, 1.807) is 24.3 Å². The lowest BCUT2D eigenvalue weighted by Gasteiger charge is -2.14. The Morgan fingerprint density at radius 2 is 1.87 bits per heavy atom. The molecule has 0 unspecified atom stereocenters. The molecule has 1 fully saturated rings. The summed E-state index contributed by atoms with van der Waals surface area (Å²) < 4.78 is 5.77. The average Bonchev–Trinajstić information content (AvgIpc) is 2.99. The van der Waals surface area contributed by atoms with Gasteiger partial charge in [-0.2, -0.15) is 0 Å². The van der Waals surface area contributed by atoms with Crippen molar-refractivity contribution in [2.75, 3.05) is 6.61 Å². The van der Waals surface area contributed by atoms with Crippen molar-refractivity contribution in [3.63, 3.8) is 0 Å². The number of amides is 2. The summed E-state index contributed by atoms with van der Waals surface area (Å²) in [6, 6.07) is 16.7. The Morgan fingerprint density at radius 3 is 2.63 bits per heavy atom. The third-order valence-electron chi connectivity index (χ3n) is 4.72. The monoisotopic (exact) mass is 457 g/mol. The van der Waals surface area contributed by atoms with Gasteiger partial charge in [0, 0.05) is 15.6 Å². The first kappa shape index (κ1) is 20.8. The smallest absolute Gasteiger partial charge is 0.293 e. The van der Waals surface area contributed by atoms with Gasteiger partial charge in [0.05, 0.1) is 18.1 Å². The van der Waals surface area contributed by atoms with E-state index in [0.717, 1.165) is 28.1 Å². The van der Waals surface area contributed by atoms with E-state index in [1.165, 1.54) is 4.90 Å². The second kappa shape index (κ2) is 8.72. The summed E-state index contributed by atoms with van der Waals surface area (Å²) in [5.74, 6) is 0.315. The number of rotatable bonds is 5. The van der Waals surface area contributed by atoms with E-state index in [4.69, 9.17) is 27.9 Å². The largest absolute Gasteiger partial charge is 0.493 e. The zero-order valence-electron chi connectivity index (χ0n) is 16.0. The minimum atomic E-state index is -0.355. The Kier molecular flexibility index (Phi) is 6.04. The van der Waals surface area contributed by atoms with Crippen LogP contribution in [0.4, 0.5) is 4.79 Å². The summed E-state index contributed by atoms with van der Waals surface area (Å²) >= 11 is 13.1. The number of carbonyl (C=O) groups is 2. The molecule has 1 aliphatic rings. The molecule has 0 radical (unpaired) electrons. The number of hydrogen-bond donors (Lipinski definition) is 0. The van der Waals surface area contributed by atoms with E-state index in [-0.39, 0.29) is 17.7 Å². The quantitative estimate of drug-likeness (QED) is 0.396. The second-order valence-electron chi connectivity index (χ2n) is 6.64. The van der Waals surface area contributed by atoms with E-state index in [9.17, 15) is 9.59 Å². The first-order valence-electron chi connectivity index (χ1n) is 9.31. The van der Waals surface area contributed by atoms with Gasteiger partial charge in [-0.25, -0.2) is 0 Å². The number of ether oxygens (including phenoxy) is 1. The Balaban J connectivity index is 1.71. The van der Waals surface area contributed by atoms with Gasteiger partial charge in [0.2, 0.25) is 0 Å². The Labute approximate surface area is 188 Å². The van der Waals surface area contributed by atoms with Crippen molar-refractivity contribution in [1.29, 1.82) is 0 Å². The van der Waals surface area contributed by atoms with Gasteiger partial charge in [0.25, 0.3) is 11.1 Å². The maximum absolute atomic E-state index is 13.0. The fourth-order valence-corrected chi connectivity index (χ4v) is 4.58. The van der Waals surface area contributed by atoms with E-state index in [2.05, 4.69) is 0 Å². The van der Waals surface area contributed by atoms with Gasteiger partial charge in [-0.1, -0.05) is 59.6 Å². The number of carbonyl (C=O) groups excluding carboxylic acids is 2. The minimum Gasteiger partial charge on any atom is -0.493 e. The highest BCUT2D eigenvalue weighted by Crippen LogP contribution is 2.38. The fraction of sp³-hybridized carbons (Fsp3) is 0.130. The second-order valence-corrected chi connectivity index (χ2v) is 8.47. The highest BCUT2D eigenvalue weighted by molar-refractivity contribution is 8.18. The van der Waals surface area contributed by atoms with Gasteiger partial charge in [-0.3, -0.25) is 14.5 Å². The van der Waals surface area contributed by atoms with Crippen LogP contribution < -0.4 is 4.74 Å². The molecule has 30 heavy (non-hydrogen) atoms. The van der Waals surface area contributed by atoms with Gasteiger partial charge in [-0.15, -0.1) is 0 Å². The topological polar surface area (TPSA) is 46.6 Å². The van der Waals surface area contributed by atoms with Gasteiger partial charge in [0.1, 0.15) is 5.75 Å². The molecule has 4 nitrogen and oxygen atoms in total. The molecule has 1 heterocycles. The van der Waals surface area contributed by atoms with Gasteiger partial charge < -0.3 is 4.74 Å². The molecular formula is C23H17Cl2NO3S. The van der Waals surface area contributed by atoms with Crippen LogP contribution in [0.3, 0.4) is 0 Å². The number of thioether (sulfide) groups is 1. The van der Waals surface area contributed by atoms with E-state index < -0.39 is 0 Å². The highest BCUT2D eigenvalue weighted by atomic mass is 35.5. The molecule has 0 atom stereocenters. The van der Waals surface area contributed by atoms with Gasteiger partial charge >= 0.3 is 0 Å². The van der Waals surface area contributed by atoms with Crippen LogP contribution in [-0.2, 0) is 11.3 Å². The van der Waals surface area contributed by atoms with Crippen LogP contribution in [0.5, 0.6) is 5.75 Å². The molecule has 0 aromatic heterocycles. The first-order valence-corrected chi connectivity index (χ1v) is 10.9. The third-order valence-corrected chi connectivity index (χ3v) is 6.22. The van der Waals surface area contributed by atoms with Crippen LogP contribution >= 0.6 is 35.0 Å². The van der Waals surface area contributed by atoms with Crippen LogP contribution in [0.1, 0.15) is 18.1 Å². The van der Waals surface area contributed by atoms with Gasteiger partial charge in [0.15, 0.2) is 0 Å². The van der Waals surface area contributed by atoms with Crippen LogP contribution in [0.2, 0.25) is 10.0 Å². The molecule has 0 aliphatic carbocycles. The molecule has 2 amide bonds. The summed E-state index contributed by atoms with van der Waals surface area (Å²) in [7, 11) is 0. The van der Waals surface area contributed by atoms with Crippen molar-refractivity contribution < 1.29 is 14.3 Å². The van der Waals surface area contributed by atoms with Crippen LogP contribution in [0.15, 0.2) is 59.5 Å². The summed E-state index contributed by atoms with van der Waals surface area (Å²) in [5.41, 5.74) is 1.44. The lowest BCUT2D eigenvalue weighted by atomic mass is 10.0. The van der Waals surface area contributed by atoms with E-state index >= 15 is 0 Å². The normalized spacial score (nSPS) is 15.4. The lowest BCUT2D eigenvalue weighted by Crippen LogP contribution is -2.27. The molecule has 1 saturated heterocycles. The number of imide groups is 1. The van der Waals surface area contributed by atoms with Crippen molar-refractivity contribution in [3.8, 4) is 5.75 Å². The predicted octanol–water partition coefficient (Wildman–Crippen LogP) is 6.78. The molecule has 4 rings (SSSR count). The SMILES string of the molecule is CCOc1ccc2ccccc2c1/C=C1/SC(=O)N(Cc2ccc(Cl)cc2Cl)C1=O.